The molecule has 18 heavy (non-hydrogen) atoms. The predicted molar refractivity (Wildman–Crippen MR) is 58.6 cm³/mol. The van der Waals surface area contributed by atoms with Crippen molar-refractivity contribution in [2.24, 2.45) is 5.73 Å². The summed E-state index contributed by atoms with van der Waals surface area (Å²) in [7, 11) is 0. The number of carbonyl (C=O) groups is 1. The van der Waals surface area contributed by atoms with Crippen LogP contribution in [-0.2, 0) is 4.74 Å². The third-order valence-electron chi connectivity index (χ3n) is 2.45. The average molecular weight is 281 g/mol. The van der Waals surface area contributed by atoms with E-state index in [2.05, 4.69) is 9.72 Å². The van der Waals surface area contributed by atoms with Crippen molar-refractivity contribution in [2.75, 3.05) is 24.6 Å². The van der Waals surface area contributed by atoms with E-state index in [9.17, 15) is 18.0 Å². The zero-order valence-corrected chi connectivity index (χ0v) is 9.92. The number of morpholine rings is 1. The molecule has 5 nitrogen and oxygen atoms in total. The third kappa shape index (κ3) is 2.72. The van der Waals surface area contributed by atoms with Gasteiger partial charge in [-0.1, -0.05) is 0 Å². The van der Waals surface area contributed by atoms with Gasteiger partial charge in [0, 0.05) is 11.9 Å². The first-order valence-corrected chi connectivity index (χ1v) is 5.94. The molecule has 1 aliphatic heterocycles. The van der Waals surface area contributed by atoms with Crippen LogP contribution in [0.1, 0.15) is 10.5 Å². The van der Waals surface area contributed by atoms with Gasteiger partial charge in [-0.25, -0.2) is 4.98 Å². The number of rotatable bonds is 2. The molecule has 0 radical (unpaired) electrons. The van der Waals surface area contributed by atoms with Gasteiger partial charge in [-0.3, -0.25) is 4.79 Å². The van der Waals surface area contributed by atoms with Crippen LogP contribution in [0.5, 0.6) is 0 Å². The minimum atomic E-state index is -4.40. The van der Waals surface area contributed by atoms with Crippen molar-refractivity contribution in [3.05, 3.63) is 11.1 Å². The minimum Gasteiger partial charge on any atom is -0.365 e. The van der Waals surface area contributed by atoms with E-state index in [1.54, 1.807) is 0 Å². The van der Waals surface area contributed by atoms with Crippen molar-refractivity contribution in [1.29, 1.82) is 0 Å². The number of nitrogens with two attached hydrogens (primary N) is 1. The molecule has 1 saturated heterocycles. The molecule has 2 rings (SSSR count). The van der Waals surface area contributed by atoms with Crippen LogP contribution in [0.3, 0.4) is 0 Å². The number of hydrogen-bond acceptors (Lipinski definition) is 5. The Morgan fingerprint density at radius 2 is 2.33 bits per heavy atom. The van der Waals surface area contributed by atoms with Crippen molar-refractivity contribution >= 4 is 22.4 Å². The van der Waals surface area contributed by atoms with E-state index in [1.807, 2.05) is 0 Å². The van der Waals surface area contributed by atoms with Crippen LogP contribution in [0.2, 0.25) is 0 Å². The normalized spacial score (nSPS) is 21.1. The molecule has 0 bridgehead atoms. The van der Waals surface area contributed by atoms with Crippen LogP contribution in [0.15, 0.2) is 5.38 Å². The molecular weight excluding hydrogens is 271 g/mol. The number of primary amides is 1. The molecule has 100 valence electrons. The van der Waals surface area contributed by atoms with Crippen LogP contribution in [0.4, 0.5) is 18.3 Å². The first-order valence-electron chi connectivity index (χ1n) is 5.06. The minimum absolute atomic E-state index is 0.0321. The van der Waals surface area contributed by atoms with Gasteiger partial charge in [-0.2, -0.15) is 13.2 Å². The summed E-state index contributed by atoms with van der Waals surface area (Å²) in [5.41, 5.74) is 5.10. The molecule has 1 aliphatic rings. The number of aromatic nitrogens is 1. The zero-order valence-electron chi connectivity index (χ0n) is 9.11. The summed E-state index contributed by atoms with van der Waals surface area (Å²) in [6, 6.07) is 0. The Hall–Kier alpha value is -1.35. The first kappa shape index (κ1) is 13.1. The second-order valence-electron chi connectivity index (χ2n) is 3.73. The maximum absolute atomic E-state index is 12.5. The summed E-state index contributed by atoms with van der Waals surface area (Å²) in [4.78, 5) is 16.2. The average Bonchev–Trinajstić information content (AvgIpc) is 2.77. The molecule has 0 spiro atoms. The molecule has 1 amide bonds. The molecule has 2 N–H and O–H groups in total. The van der Waals surface area contributed by atoms with Crippen LogP contribution in [-0.4, -0.2) is 42.9 Å². The maximum atomic E-state index is 12.5. The Labute approximate surface area is 104 Å². The summed E-state index contributed by atoms with van der Waals surface area (Å²) in [6.45, 7) is -0.0524. The standard InChI is InChI=1S/C9H10F3N3O2S/c10-9(11,12)6-3-15(1-2-17-6)8-14-5(4-18-8)7(13)16/h4,6H,1-3H2,(H2,13,16). The lowest BCUT2D eigenvalue weighted by Crippen LogP contribution is -2.49. The zero-order chi connectivity index (χ0) is 13.3. The number of ether oxygens (including phenoxy) is 1. The summed E-state index contributed by atoms with van der Waals surface area (Å²) < 4.78 is 42.2. The second kappa shape index (κ2) is 4.73. The predicted octanol–water partition coefficient (Wildman–Crippen LogP) is 1.01. The highest BCUT2D eigenvalue weighted by Crippen LogP contribution is 2.29. The van der Waals surface area contributed by atoms with Gasteiger partial charge >= 0.3 is 6.18 Å². The van der Waals surface area contributed by atoms with Crippen molar-refractivity contribution in [3.63, 3.8) is 0 Å². The van der Waals surface area contributed by atoms with Crippen molar-refractivity contribution in [1.82, 2.24) is 4.98 Å². The van der Waals surface area contributed by atoms with E-state index in [4.69, 9.17) is 5.73 Å². The lowest BCUT2D eigenvalue weighted by molar-refractivity contribution is -0.221. The van der Waals surface area contributed by atoms with Gasteiger partial charge in [-0.15, -0.1) is 11.3 Å². The number of nitrogens with zero attached hydrogens (tertiary/aromatic N) is 2. The van der Waals surface area contributed by atoms with Crippen LogP contribution in [0, 0.1) is 0 Å². The highest BCUT2D eigenvalue weighted by molar-refractivity contribution is 7.13. The quantitative estimate of drug-likeness (QED) is 0.878. The highest BCUT2D eigenvalue weighted by atomic mass is 32.1. The molecule has 1 aromatic heterocycles. The Balaban J connectivity index is 2.10. The van der Waals surface area contributed by atoms with E-state index in [0.717, 1.165) is 11.3 Å². The Morgan fingerprint density at radius 1 is 1.61 bits per heavy atom. The fraction of sp³-hybridized carbons (Fsp3) is 0.556. The number of thiazole rings is 1. The molecular formula is C9H10F3N3O2S. The van der Waals surface area contributed by atoms with Gasteiger partial charge < -0.3 is 15.4 Å². The number of anilines is 1. The molecule has 1 aromatic rings. The largest absolute Gasteiger partial charge is 0.416 e. The first-order chi connectivity index (χ1) is 8.38. The van der Waals surface area contributed by atoms with Crippen LogP contribution < -0.4 is 10.6 Å². The SMILES string of the molecule is NC(=O)c1csc(N2CCOC(C(F)(F)F)C2)n1. The number of alkyl halides is 3. The lowest BCUT2D eigenvalue weighted by Gasteiger charge is -2.33. The van der Waals surface area contributed by atoms with Gasteiger partial charge in [-0.05, 0) is 0 Å². The van der Waals surface area contributed by atoms with Crippen LogP contribution >= 0.6 is 11.3 Å². The van der Waals surface area contributed by atoms with Gasteiger partial charge in [0.2, 0.25) is 0 Å². The van der Waals surface area contributed by atoms with E-state index < -0.39 is 18.2 Å². The molecule has 0 saturated carbocycles. The maximum Gasteiger partial charge on any atom is 0.416 e. The van der Waals surface area contributed by atoms with Crippen LogP contribution in [0.25, 0.3) is 0 Å². The van der Waals surface area contributed by atoms with Crippen molar-refractivity contribution in [2.45, 2.75) is 12.3 Å². The van der Waals surface area contributed by atoms with Gasteiger partial charge in [0.15, 0.2) is 11.2 Å². The molecule has 9 heteroatoms. The molecule has 0 aromatic carbocycles. The monoisotopic (exact) mass is 281 g/mol. The van der Waals surface area contributed by atoms with Gasteiger partial charge in [0.1, 0.15) is 5.69 Å². The topological polar surface area (TPSA) is 68.5 Å². The Bertz CT molecular complexity index is 449. The summed E-state index contributed by atoms with van der Waals surface area (Å²) in [5.74, 6) is -0.696. The number of amides is 1. The highest BCUT2D eigenvalue weighted by Gasteiger charge is 2.43. The molecule has 2 heterocycles. The summed E-state index contributed by atoms with van der Waals surface area (Å²) >= 11 is 1.09. The van der Waals surface area contributed by atoms with E-state index in [0.29, 0.717) is 11.7 Å². The van der Waals surface area contributed by atoms with E-state index in [-0.39, 0.29) is 18.8 Å². The van der Waals surface area contributed by atoms with Crippen molar-refractivity contribution < 1.29 is 22.7 Å². The van der Waals surface area contributed by atoms with Gasteiger partial charge in [0.25, 0.3) is 5.91 Å². The smallest absolute Gasteiger partial charge is 0.365 e. The van der Waals surface area contributed by atoms with E-state index in [1.165, 1.54) is 10.3 Å². The Kier molecular flexibility index (Phi) is 3.44. The fourth-order valence-corrected chi connectivity index (χ4v) is 2.40. The molecule has 0 aliphatic carbocycles. The summed E-state index contributed by atoms with van der Waals surface area (Å²) in [5, 5.41) is 1.77. The molecule has 1 fully saturated rings. The number of hydrogen-bond donors (Lipinski definition) is 1. The summed E-state index contributed by atoms with van der Waals surface area (Å²) in [6.07, 6.45) is -6.23. The fourth-order valence-electron chi connectivity index (χ4n) is 1.54. The molecule has 1 atom stereocenters. The lowest BCUT2D eigenvalue weighted by atomic mass is 10.3. The van der Waals surface area contributed by atoms with Crippen molar-refractivity contribution in [3.8, 4) is 0 Å². The second-order valence-corrected chi connectivity index (χ2v) is 4.56. The van der Waals surface area contributed by atoms with E-state index >= 15 is 0 Å². The third-order valence-corrected chi connectivity index (χ3v) is 3.35. The van der Waals surface area contributed by atoms with Gasteiger partial charge in [0.05, 0.1) is 13.2 Å². The molecule has 1 unspecified atom stereocenters. The number of halogens is 3. The Morgan fingerprint density at radius 3 is 2.89 bits per heavy atom. The number of carbonyl (C=O) groups excluding carboxylic acids is 1.